The first kappa shape index (κ1) is 20.3. The summed E-state index contributed by atoms with van der Waals surface area (Å²) < 4.78 is 33.0. The average Bonchev–Trinajstić information content (AvgIpc) is 2.53. The third kappa shape index (κ3) is 5.47. The first-order valence-corrected chi connectivity index (χ1v) is 8.60. The SMILES string of the molecule is CC(C)(C)OC(=O)N[C@H](c1cc(Br)ncc1F)[C@H](O)c1ccc(F)cc1. The second kappa shape index (κ2) is 8.09. The van der Waals surface area contributed by atoms with Crippen molar-refractivity contribution in [3.05, 3.63) is 63.9 Å². The summed E-state index contributed by atoms with van der Waals surface area (Å²) in [6.07, 6.45) is -1.19. The summed E-state index contributed by atoms with van der Waals surface area (Å²) in [4.78, 5) is 15.9. The summed E-state index contributed by atoms with van der Waals surface area (Å²) in [5.41, 5.74) is -0.457. The van der Waals surface area contributed by atoms with Crippen molar-refractivity contribution in [3.8, 4) is 0 Å². The van der Waals surface area contributed by atoms with Crippen molar-refractivity contribution in [3.63, 3.8) is 0 Å². The molecule has 2 aromatic rings. The number of carbonyl (C=O) groups excluding carboxylic acids is 1. The molecule has 0 saturated carbocycles. The van der Waals surface area contributed by atoms with Crippen LogP contribution in [0.2, 0.25) is 0 Å². The normalized spacial score (nSPS) is 13.8. The summed E-state index contributed by atoms with van der Waals surface area (Å²) in [5, 5.41) is 13.2. The minimum absolute atomic E-state index is 0.00885. The Bertz CT molecular complexity index is 779. The molecule has 1 aromatic carbocycles. The molecule has 0 spiro atoms. The first-order valence-electron chi connectivity index (χ1n) is 7.81. The van der Waals surface area contributed by atoms with Gasteiger partial charge in [0.1, 0.15) is 27.9 Å². The molecule has 0 fully saturated rings. The third-order valence-corrected chi connectivity index (χ3v) is 3.82. The number of benzene rings is 1. The zero-order chi connectivity index (χ0) is 19.5. The Morgan fingerprint density at radius 3 is 2.46 bits per heavy atom. The van der Waals surface area contributed by atoms with E-state index in [1.165, 1.54) is 30.3 Å². The van der Waals surface area contributed by atoms with Crippen LogP contribution in [0.5, 0.6) is 0 Å². The molecule has 2 N–H and O–H groups in total. The molecule has 2 atom stereocenters. The Labute approximate surface area is 158 Å². The molecule has 8 heteroatoms. The van der Waals surface area contributed by atoms with Gasteiger partial charge in [0, 0.05) is 5.56 Å². The molecule has 26 heavy (non-hydrogen) atoms. The van der Waals surface area contributed by atoms with Gasteiger partial charge in [-0.25, -0.2) is 18.6 Å². The van der Waals surface area contributed by atoms with Gasteiger partial charge in [-0.2, -0.15) is 0 Å². The van der Waals surface area contributed by atoms with Gasteiger partial charge in [-0.1, -0.05) is 12.1 Å². The zero-order valence-electron chi connectivity index (χ0n) is 14.5. The van der Waals surface area contributed by atoms with Crippen LogP contribution in [0.25, 0.3) is 0 Å². The Morgan fingerprint density at radius 2 is 1.88 bits per heavy atom. The fourth-order valence-corrected chi connectivity index (χ4v) is 2.63. The number of rotatable bonds is 4. The molecule has 5 nitrogen and oxygen atoms in total. The largest absolute Gasteiger partial charge is 0.444 e. The fraction of sp³-hybridized carbons (Fsp3) is 0.333. The van der Waals surface area contributed by atoms with Crippen LogP contribution in [0, 0.1) is 11.6 Å². The van der Waals surface area contributed by atoms with Crippen LogP contribution < -0.4 is 5.32 Å². The van der Waals surface area contributed by atoms with Crippen LogP contribution in [0.3, 0.4) is 0 Å². The van der Waals surface area contributed by atoms with Crippen LogP contribution in [0.4, 0.5) is 13.6 Å². The second-order valence-corrected chi connectivity index (χ2v) is 7.46. The topological polar surface area (TPSA) is 71.5 Å². The van der Waals surface area contributed by atoms with Crippen molar-refractivity contribution in [2.24, 2.45) is 0 Å². The number of aromatic nitrogens is 1. The summed E-state index contributed by atoms with van der Waals surface area (Å²) >= 11 is 3.14. The van der Waals surface area contributed by atoms with Crippen LogP contribution in [0.15, 0.2) is 41.1 Å². The number of hydrogen-bond acceptors (Lipinski definition) is 4. The predicted molar refractivity (Wildman–Crippen MR) is 95.4 cm³/mol. The highest BCUT2D eigenvalue weighted by Gasteiger charge is 2.29. The molecular formula is C18H19BrF2N2O3. The minimum atomic E-state index is -1.34. The molecule has 0 aliphatic rings. The molecule has 1 aromatic heterocycles. The maximum atomic E-state index is 14.3. The van der Waals surface area contributed by atoms with Crippen molar-refractivity contribution in [2.75, 3.05) is 0 Å². The van der Waals surface area contributed by atoms with E-state index in [4.69, 9.17) is 4.74 Å². The number of halogens is 3. The number of ether oxygens (including phenoxy) is 1. The zero-order valence-corrected chi connectivity index (χ0v) is 16.0. The van der Waals surface area contributed by atoms with Gasteiger partial charge >= 0.3 is 6.09 Å². The number of nitrogens with zero attached hydrogens (tertiary/aromatic N) is 1. The molecule has 0 bridgehead atoms. The molecule has 1 heterocycles. The average molecular weight is 429 g/mol. The predicted octanol–water partition coefficient (Wildman–Crippen LogP) is 4.42. The standard InChI is InChI=1S/C18H19BrF2N2O3/c1-18(2,3)26-17(25)23-15(12-8-14(19)22-9-13(12)21)16(24)10-4-6-11(20)7-5-10/h4-9,15-16,24H,1-3H3,(H,23,25)/t15-,16-/m1/s1. The van der Waals surface area contributed by atoms with Crippen molar-refractivity contribution in [2.45, 2.75) is 38.5 Å². The van der Waals surface area contributed by atoms with E-state index >= 15 is 0 Å². The summed E-state index contributed by atoms with van der Waals surface area (Å²) in [7, 11) is 0. The molecule has 0 aliphatic heterocycles. The molecule has 0 aliphatic carbocycles. The van der Waals surface area contributed by atoms with Crippen LogP contribution in [-0.4, -0.2) is 21.8 Å². The highest BCUT2D eigenvalue weighted by atomic mass is 79.9. The number of carbonyl (C=O) groups is 1. The van der Waals surface area contributed by atoms with E-state index in [1.54, 1.807) is 20.8 Å². The summed E-state index contributed by atoms with van der Waals surface area (Å²) in [5.74, 6) is -1.19. The Morgan fingerprint density at radius 1 is 1.27 bits per heavy atom. The van der Waals surface area contributed by atoms with Crippen LogP contribution >= 0.6 is 15.9 Å². The number of hydrogen-bond donors (Lipinski definition) is 2. The smallest absolute Gasteiger partial charge is 0.408 e. The molecule has 1 amide bonds. The van der Waals surface area contributed by atoms with Crippen molar-refractivity contribution in [1.29, 1.82) is 0 Å². The minimum Gasteiger partial charge on any atom is -0.444 e. The van der Waals surface area contributed by atoms with Gasteiger partial charge in [-0.05, 0) is 60.5 Å². The third-order valence-electron chi connectivity index (χ3n) is 3.39. The van der Waals surface area contributed by atoms with E-state index in [9.17, 15) is 18.7 Å². The van der Waals surface area contributed by atoms with Crippen molar-refractivity contribution in [1.82, 2.24) is 10.3 Å². The molecule has 2 rings (SSSR count). The quantitative estimate of drug-likeness (QED) is 0.706. The highest BCUT2D eigenvalue weighted by Crippen LogP contribution is 2.32. The van der Waals surface area contributed by atoms with Crippen molar-refractivity contribution >= 4 is 22.0 Å². The molecule has 0 unspecified atom stereocenters. The Hall–Kier alpha value is -2.06. The number of amides is 1. The van der Waals surface area contributed by atoms with E-state index in [0.717, 1.165) is 6.20 Å². The number of aliphatic hydroxyl groups excluding tert-OH is 1. The van der Waals surface area contributed by atoms with Gasteiger partial charge < -0.3 is 15.2 Å². The van der Waals surface area contributed by atoms with Gasteiger partial charge in [0.2, 0.25) is 0 Å². The maximum absolute atomic E-state index is 14.3. The lowest BCUT2D eigenvalue weighted by Crippen LogP contribution is -2.37. The van der Waals surface area contributed by atoms with Gasteiger partial charge in [0.05, 0.1) is 12.2 Å². The van der Waals surface area contributed by atoms with Gasteiger partial charge in [-0.15, -0.1) is 0 Å². The molecular weight excluding hydrogens is 410 g/mol. The van der Waals surface area contributed by atoms with E-state index < -0.39 is 35.5 Å². The van der Waals surface area contributed by atoms with Crippen LogP contribution in [-0.2, 0) is 4.74 Å². The highest BCUT2D eigenvalue weighted by molar-refractivity contribution is 9.10. The van der Waals surface area contributed by atoms with E-state index in [-0.39, 0.29) is 5.56 Å². The molecule has 0 saturated heterocycles. The fourth-order valence-electron chi connectivity index (χ4n) is 2.28. The second-order valence-electron chi connectivity index (χ2n) is 6.65. The summed E-state index contributed by atoms with van der Waals surface area (Å²) in [6.45, 7) is 5.05. The number of nitrogens with one attached hydrogen (secondary N) is 1. The molecule has 140 valence electrons. The van der Waals surface area contributed by atoms with Gasteiger partial charge in [0.25, 0.3) is 0 Å². The maximum Gasteiger partial charge on any atom is 0.408 e. The molecule has 0 radical (unpaired) electrons. The number of pyridine rings is 1. The monoisotopic (exact) mass is 428 g/mol. The lowest BCUT2D eigenvalue weighted by Gasteiger charge is -2.27. The van der Waals surface area contributed by atoms with Gasteiger partial charge in [0.15, 0.2) is 0 Å². The first-order chi connectivity index (χ1) is 12.1. The number of alkyl carbamates (subject to hydrolysis) is 1. The van der Waals surface area contributed by atoms with Gasteiger partial charge in [-0.3, -0.25) is 0 Å². The Balaban J connectivity index is 2.39. The van der Waals surface area contributed by atoms with E-state index in [1.807, 2.05) is 0 Å². The lowest BCUT2D eigenvalue weighted by molar-refractivity contribution is 0.0416. The number of aliphatic hydroxyl groups is 1. The van der Waals surface area contributed by atoms with E-state index in [0.29, 0.717) is 10.2 Å². The summed E-state index contributed by atoms with van der Waals surface area (Å²) in [6, 6.07) is 5.23. The Kier molecular flexibility index (Phi) is 6.30. The lowest BCUT2D eigenvalue weighted by atomic mass is 9.96. The van der Waals surface area contributed by atoms with E-state index in [2.05, 4.69) is 26.2 Å². The van der Waals surface area contributed by atoms with Crippen LogP contribution in [0.1, 0.15) is 44.0 Å². The van der Waals surface area contributed by atoms with Crippen molar-refractivity contribution < 1.29 is 23.4 Å².